The van der Waals surface area contributed by atoms with E-state index in [4.69, 9.17) is 0 Å². The molecule has 16 heavy (non-hydrogen) atoms. The second-order valence-electron chi connectivity index (χ2n) is 3.42. The van der Waals surface area contributed by atoms with Gasteiger partial charge in [-0.1, -0.05) is 0 Å². The average Bonchev–Trinajstić information content (AvgIpc) is 2.60. The summed E-state index contributed by atoms with van der Waals surface area (Å²) in [5, 5.41) is 4.02. The van der Waals surface area contributed by atoms with Gasteiger partial charge in [0.15, 0.2) is 5.78 Å². The molecule has 2 rings (SSSR count). The van der Waals surface area contributed by atoms with E-state index in [0.717, 1.165) is 10.0 Å². The van der Waals surface area contributed by atoms with Crippen LogP contribution in [0.2, 0.25) is 0 Å². The van der Waals surface area contributed by atoms with E-state index < -0.39 is 0 Å². The molecule has 0 aliphatic heterocycles. The Balaban J connectivity index is 2.22. The Morgan fingerprint density at radius 3 is 2.69 bits per heavy atom. The Morgan fingerprint density at radius 2 is 2.12 bits per heavy atom. The largest absolute Gasteiger partial charge is 0.292 e. The maximum Gasteiger partial charge on any atom is 0.186 e. The van der Waals surface area contributed by atoms with Gasteiger partial charge in [-0.3, -0.25) is 14.5 Å². The van der Waals surface area contributed by atoms with Crippen LogP contribution in [-0.2, 0) is 13.5 Å². The first-order chi connectivity index (χ1) is 7.68. The van der Waals surface area contributed by atoms with Crippen molar-refractivity contribution in [3.63, 3.8) is 0 Å². The molecular weight excluding hydrogens is 270 g/mol. The average molecular weight is 280 g/mol. The Kier molecular flexibility index (Phi) is 3.14. The van der Waals surface area contributed by atoms with Gasteiger partial charge in [-0.05, 0) is 33.6 Å². The lowest BCUT2D eigenvalue weighted by molar-refractivity contribution is 0.0983. The van der Waals surface area contributed by atoms with Crippen molar-refractivity contribution in [3.8, 4) is 0 Å². The van der Waals surface area contributed by atoms with E-state index in [1.807, 2.05) is 12.1 Å². The number of nitrogens with zero attached hydrogens (tertiary/aromatic N) is 3. The molecule has 0 N–H and O–H groups in total. The number of pyridine rings is 1. The number of carbonyl (C=O) groups excluding carboxylic acids is 1. The monoisotopic (exact) mass is 279 g/mol. The molecule has 0 radical (unpaired) electrons. The first-order valence-electron chi connectivity index (χ1n) is 4.78. The van der Waals surface area contributed by atoms with Crippen molar-refractivity contribution < 1.29 is 4.79 Å². The number of rotatable bonds is 3. The molecule has 2 aromatic rings. The van der Waals surface area contributed by atoms with Gasteiger partial charge >= 0.3 is 0 Å². The smallest absolute Gasteiger partial charge is 0.186 e. The molecule has 0 aliphatic rings. The van der Waals surface area contributed by atoms with Crippen molar-refractivity contribution in [2.24, 2.45) is 7.05 Å². The molecule has 0 fully saturated rings. The molecule has 0 saturated heterocycles. The quantitative estimate of drug-likeness (QED) is 0.808. The van der Waals surface area contributed by atoms with Crippen LogP contribution < -0.4 is 0 Å². The van der Waals surface area contributed by atoms with Gasteiger partial charge in [0.1, 0.15) is 5.69 Å². The van der Waals surface area contributed by atoms with Gasteiger partial charge < -0.3 is 0 Å². The highest BCUT2D eigenvalue weighted by Gasteiger charge is 2.15. The van der Waals surface area contributed by atoms with Crippen molar-refractivity contribution in [2.45, 2.75) is 6.42 Å². The predicted molar refractivity (Wildman–Crippen MR) is 63.2 cm³/mol. The zero-order chi connectivity index (χ0) is 11.5. The number of hydrogen-bond acceptors (Lipinski definition) is 3. The van der Waals surface area contributed by atoms with Gasteiger partial charge in [0, 0.05) is 25.9 Å². The second-order valence-corrected chi connectivity index (χ2v) is 4.27. The lowest BCUT2D eigenvalue weighted by Crippen LogP contribution is -2.10. The summed E-state index contributed by atoms with van der Waals surface area (Å²) in [6, 6.07) is 3.67. The summed E-state index contributed by atoms with van der Waals surface area (Å²) in [5.74, 6) is 0.0399. The van der Waals surface area contributed by atoms with Crippen molar-refractivity contribution in [3.05, 3.63) is 46.5 Å². The standard InChI is InChI=1S/C11H10BrN3O/c1-15-11(9(12)7-14-15)10(16)6-8-2-4-13-5-3-8/h2-5,7H,6H2,1H3. The molecule has 4 nitrogen and oxygen atoms in total. The first kappa shape index (κ1) is 11.0. The van der Waals surface area contributed by atoms with Gasteiger partial charge in [0.05, 0.1) is 10.7 Å². The number of ketones is 1. The minimum Gasteiger partial charge on any atom is -0.292 e. The number of carbonyl (C=O) groups is 1. The number of halogens is 1. The molecular formula is C11H10BrN3O. The minimum absolute atomic E-state index is 0.0399. The van der Waals surface area contributed by atoms with Gasteiger partial charge in [-0.2, -0.15) is 5.10 Å². The summed E-state index contributed by atoms with van der Waals surface area (Å²) >= 11 is 3.31. The predicted octanol–water partition coefficient (Wildman–Crippen LogP) is 2.00. The highest BCUT2D eigenvalue weighted by atomic mass is 79.9. The number of aryl methyl sites for hydroxylation is 1. The van der Waals surface area contributed by atoms with Crippen LogP contribution in [-0.4, -0.2) is 20.5 Å². The van der Waals surface area contributed by atoms with Crippen LogP contribution in [0.5, 0.6) is 0 Å². The van der Waals surface area contributed by atoms with Crippen molar-refractivity contribution in [2.75, 3.05) is 0 Å². The van der Waals surface area contributed by atoms with E-state index in [-0.39, 0.29) is 5.78 Å². The van der Waals surface area contributed by atoms with E-state index in [1.54, 1.807) is 30.3 Å². The Morgan fingerprint density at radius 1 is 1.44 bits per heavy atom. The van der Waals surface area contributed by atoms with Crippen LogP contribution in [0.1, 0.15) is 16.1 Å². The van der Waals surface area contributed by atoms with Crippen LogP contribution in [0.3, 0.4) is 0 Å². The van der Waals surface area contributed by atoms with Crippen molar-refractivity contribution in [1.82, 2.24) is 14.8 Å². The van der Waals surface area contributed by atoms with Crippen LogP contribution in [0.25, 0.3) is 0 Å². The van der Waals surface area contributed by atoms with Crippen LogP contribution >= 0.6 is 15.9 Å². The fraction of sp³-hybridized carbons (Fsp3) is 0.182. The second kappa shape index (κ2) is 4.57. The molecule has 5 heteroatoms. The molecule has 2 heterocycles. The highest BCUT2D eigenvalue weighted by molar-refractivity contribution is 9.10. The lowest BCUT2D eigenvalue weighted by atomic mass is 10.1. The minimum atomic E-state index is 0.0399. The maximum atomic E-state index is 12.0. The molecule has 2 aromatic heterocycles. The summed E-state index contributed by atoms with van der Waals surface area (Å²) in [4.78, 5) is 15.9. The Bertz CT molecular complexity index is 488. The van der Waals surface area contributed by atoms with Gasteiger partial charge in [-0.15, -0.1) is 0 Å². The normalized spacial score (nSPS) is 10.4. The third-order valence-electron chi connectivity index (χ3n) is 2.27. The first-order valence-corrected chi connectivity index (χ1v) is 5.57. The van der Waals surface area contributed by atoms with Gasteiger partial charge in [0.25, 0.3) is 0 Å². The van der Waals surface area contributed by atoms with Gasteiger partial charge in [0.2, 0.25) is 0 Å². The van der Waals surface area contributed by atoms with Crippen LogP contribution in [0.4, 0.5) is 0 Å². The zero-order valence-corrected chi connectivity index (χ0v) is 10.3. The van der Waals surface area contributed by atoms with Crippen molar-refractivity contribution >= 4 is 21.7 Å². The Labute approximate surface area is 101 Å². The van der Waals surface area contributed by atoms with Gasteiger partial charge in [-0.25, -0.2) is 0 Å². The van der Waals surface area contributed by atoms with E-state index in [1.165, 1.54) is 0 Å². The number of hydrogen-bond donors (Lipinski definition) is 0. The molecule has 0 amide bonds. The molecule has 0 bridgehead atoms. The summed E-state index contributed by atoms with van der Waals surface area (Å²) in [5.41, 5.74) is 1.55. The van der Waals surface area contributed by atoms with Crippen molar-refractivity contribution in [1.29, 1.82) is 0 Å². The molecule has 82 valence electrons. The van der Waals surface area contributed by atoms with Crippen LogP contribution in [0, 0.1) is 0 Å². The molecule has 0 spiro atoms. The highest BCUT2D eigenvalue weighted by Crippen LogP contribution is 2.17. The summed E-state index contributed by atoms with van der Waals surface area (Å²) in [6.45, 7) is 0. The SMILES string of the molecule is Cn1ncc(Br)c1C(=O)Cc1ccncc1. The van der Waals surface area contributed by atoms with Crippen LogP contribution in [0.15, 0.2) is 35.2 Å². The van der Waals surface area contributed by atoms with E-state index in [2.05, 4.69) is 26.0 Å². The number of Topliss-reactive ketones (excluding diaryl/α,β-unsaturated/α-hetero) is 1. The summed E-state index contributed by atoms with van der Waals surface area (Å²) in [6.07, 6.45) is 5.35. The lowest BCUT2D eigenvalue weighted by Gasteiger charge is -2.02. The fourth-order valence-electron chi connectivity index (χ4n) is 1.49. The zero-order valence-electron chi connectivity index (χ0n) is 8.72. The number of aromatic nitrogens is 3. The molecule has 0 unspecified atom stereocenters. The van der Waals surface area contributed by atoms with E-state index in [0.29, 0.717) is 12.1 Å². The topological polar surface area (TPSA) is 47.8 Å². The van der Waals surface area contributed by atoms with E-state index in [9.17, 15) is 4.79 Å². The Hall–Kier alpha value is -1.49. The summed E-state index contributed by atoms with van der Waals surface area (Å²) in [7, 11) is 1.75. The molecule has 0 aromatic carbocycles. The molecule has 0 aliphatic carbocycles. The third-order valence-corrected chi connectivity index (χ3v) is 2.85. The molecule has 0 atom stereocenters. The summed E-state index contributed by atoms with van der Waals surface area (Å²) < 4.78 is 2.31. The maximum absolute atomic E-state index is 12.0. The van der Waals surface area contributed by atoms with E-state index >= 15 is 0 Å². The third kappa shape index (κ3) is 2.19. The fourth-order valence-corrected chi connectivity index (χ4v) is 2.06. The molecule has 0 saturated carbocycles.